The van der Waals surface area contributed by atoms with Crippen LogP contribution in [0.4, 0.5) is 10.6 Å². The van der Waals surface area contributed by atoms with E-state index in [4.69, 9.17) is 5.73 Å². The Balaban J connectivity index is 1.66. The summed E-state index contributed by atoms with van der Waals surface area (Å²) in [6.07, 6.45) is 3.37. The van der Waals surface area contributed by atoms with Crippen molar-refractivity contribution in [2.45, 2.75) is 12.8 Å². The van der Waals surface area contributed by atoms with E-state index in [2.05, 4.69) is 38.8 Å². The Labute approximate surface area is 144 Å². The molecule has 4 N–H and O–H groups in total. The lowest BCUT2D eigenvalue weighted by Gasteiger charge is -2.06. The number of unbranched alkanes of at least 4 members (excludes halogenated alkanes) is 1. The SMILES string of the molecule is NC(=O)NCCCCNc1ncnc2sc(-c3ccccc3)cc12. The highest BCUT2D eigenvalue weighted by atomic mass is 32.1. The molecule has 124 valence electrons. The van der Waals surface area contributed by atoms with Gasteiger partial charge in [-0.2, -0.15) is 0 Å². The van der Waals surface area contributed by atoms with Gasteiger partial charge in [-0.25, -0.2) is 14.8 Å². The Morgan fingerprint density at radius 2 is 1.92 bits per heavy atom. The number of nitrogens with two attached hydrogens (primary N) is 1. The molecule has 0 aliphatic carbocycles. The van der Waals surface area contributed by atoms with Crippen LogP contribution in [0, 0.1) is 0 Å². The van der Waals surface area contributed by atoms with Gasteiger partial charge in [0.05, 0.1) is 5.39 Å². The van der Waals surface area contributed by atoms with Crippen molar-refractivity contribution in [1.82, 2.24) is 15.3 Å². The molecular formula is C17H19N5OS. The number of nitrogens with one attached hydrogen (secondary N) is 2. The van der Waals surface area contributed by atoms with Crippen LogP contribution in [-0.4, -0.2) is 29.1 Å². The van der Waals surface area contributed by atoms with Crippen LogP contribution < -0.4 is 16.4 Å². The molecule has 2 heterocycles. The van der Waals surface area contributed by atoms with E-state index >= 15 is 0 Å². The lowest BCUT2D eigenvalue weighted by molar-refractivity contribution is 0.249. The lowest BCUT2D eigenvalue weighted by atomic mass is 10.2. The number of urea groups is 1. The number of thiophene rings is 1. The number of carbonyl (C=O) groups excluding carboxylic acids is 1. The highest BCUT2D eigenvalue weighted by molar-refractivity contribution is 7.21. The third-order valence-electron chi connectivity index (χ3n) is 3.58. The second kappa shape index (κ2) is 7.74. The van der Waals surface area contributed by atoms with Crippen molar-refractivity contribution < 1.29 is 4.79 Å². The number of carbonyl (C=O) groups is 1. The van der Waals surface area contributed by atoms with Gasteiger partial charge in [0, 0.05) is 18.0 Å². The van der Waals surface area contributed by atoms with Crippen LogP contribution in [0.1, 0.15) is 12.8 Å². The fourth-order valence-electron chi connectivity index (χ4n) is 2.41. The van der Waals surface area contributed by atoms with E-state index in [0.29, 0.717) is 6.54 Å². The molecular weight excluding hydrogens is 322 g/mol. The number of anilines is 1. The average molecular weight is 341 g/mol. The molecule has 7 heteroatoms. The number of benzene rings is 1. The predicted molar refractivity (Wildman–Crippen MR) is 98.2 cm³/mol. The maximum absolute atomic E-state index is 10.6. The van der Waals surface area contributed by atoms with Crippen molar-refractivity contribution >= 4 is 33.4 Å². The van der Waals surface area contributed by atoms with Crippen LogP contribution in [0.3, 0.4) is 0 Å². The van der Waals surface area contributed by atoms with Gasteiger partial charge in [-0.3, -0.25) is 0 Å². The number of hydrogen-bond acceptors (Lipinski definition) is 5. The first-order valence-corrected chi connectivity index (χ1v) is 8.63. The van der Waals surface area contributed by atoms with E-state index in [-0.39, 0.29) is 0 Å². The van der Waals surface area contributed by atoms with Crippen LogP contribution in [0.5, 0.6) is 0 Å². The van der Waals surface area contributed by atoms with E-state index in [1.165, 1.54) is 10.4 Å². The minimum atomic E-state index is -0.479. The molecule has 0 fully saturated rings. The molecule has 0 spiro atoms. The summed E-state index contributed by atoms with van der Waals surface area (Å²) in [5, 5.41) is 6.97. The predicted octanol–water partition coefficient (Wildman–Crippen LogP) is 3.22. The third-order valence-corrected chi connectivity index (χ3v) is 4.68. The van der Waals surface area contributed by atoms with Crippen molar-refractivity contribution in [3.05, 3.63) is 42.7 Å². The minimum Gasteiger partial charge on any atom is -0.369 e. The first-order valence-electron chi connectivity index (χ1n) is 7.81. The van der Waals surface area contributed by atoms with Crippen molar-refractivity contribution in [3.8, 4) is 10.4 Å². The van der Waals surface area contributed by atoms with Crippen LogP contribution in [0.2, 0.25) is 0 Å². The molecule has 0 aliphatic heterocycles. The normalized spacial score (nSPS) is 10.7. The largest absolute Gasteiger partial charge is 0.369 e. The fourth-order valence-corrected chi connectivity index (χ4v) is 3.41. The van der Waals surface area contributed by atoms with Gasteiger partial charge in [0.15, 0.2) is 0 Å². The van der Waals surface area contributed by atoms with Crippen LogP contribution in [0.15, 0.2) is 42.7 Å². The Bertz CT molecular complexity index is 818. The summed E-state index contributed by atoms with van der Waals surface area (Å²) in [7, 11) is 0. The summed E-state index contributed by atoms with van der Waals surface area (Å²) in [5.74, 6) is 0.848. The highest BCUT2D eigenvalue weighted by Crippen LogP contribution is 2.34. The van der Waals surface area contributed by atoms with E-state index in [9.17, 15) is 4.79 Å². The highest BCUT2D eigenvalue weighted by Gasteiger charge is 2.09. The van der Waals surface area contributed by atoms with Crippen molar-refractivity contribution in [2.75, 3.05) is 18.4 Å². The number of rotatable bonds is 7. The first kappa shape index (κ1) is 16.2. The Morgan fingerprint density at radius 1 is 1.12 bits per heavy atom. The summed E-state index contributed by atoms with van der Waals surface area (Å²) in [5.41, 5.74) is 6.21. The van der Waals surface area contributed by atoms with Crippen molar-refractivity contribution in [1.29, 1.82) is 0 Å². The van der Waals surface area contributed by atoms with E-state index in [0.717, 1.165) is 35.4 Å². The van der Waals surface area contributed by atoms with Crippen molar-refractivity contribution in [2.24, 2.45) is 5.73 Å². The Morgan fingerprint density at radius 3 is 2.71 bits per heavy atom. The van der Waals surface area contributed by atoms with Crippen LogP contribution in [0.25, 0.3) is 20.7 Å². The molecule has 0 saturated heterocycles. The van der Waals surface area contributed by atoms with Crippen LogP contribution >= 0.6 is 11.3 Å². The lowest BCUT2D eigenvalue weighted by Crippen LogP contribution is -2.30. The third kappa shape index (κ3) is 3.99. The monoisotopic (exact) mass is 341 g/mol. The number of fused-ring (bicyclic) bond motifs is 1. The van der Waals surface area contributed by atoms with Crippen LogP contribution in [-0.2, 0) is 0 Å². The summed E-state index contributed by atoms with van der Waals surface area (Å²) < 4.78 is 0. The second-order valence-electron chi connectivity index (χ2n) is 5.34. The number of aromatic nitrogens is 2. The number of amides is 2. The zero-order valence-electron chi connectivity index (χ0n) is 13.2. The molecule has 3 rings (SSSR count). The van der Waals surface area contributed by atoms with E-state index < -0.39 is 6.03 Å². The molecule has 0 bridgehead atoms. The van der Waals surface area contributed by atoms with Crippen molar-refractivity contribution in [3.63, 3.8) is 0 Å². The topological polar surface area (TPSA) is 92.9 Å². The molecule has 0 unspecified atom stereocenters. The quantitative estimate of drug-likeness (QED) is 0.575. The molecule has 0 saturated carbocycles. The molecule has 0 atom stereocenters. The number of hydrogen-bond donors (Lipinski definition) is 3. The summed E-state index contributed by atoms with van der Waals surface area (Å²) >= 11 is 1.66. The Hall–Kier alpha value is -2.67. The maximum Gasteiger partial charge on any atom is 0.312 e. The molecule has 1 aromatic carbocycles. The molecule has 3 aromatic rings. The molecule has 6 nitrogen and oxygen atoms in total. The standard InChI is InChI=1S/C17H19N5OS/c18-17(23)20-9-5-4-8-19-15-13-10-14(12-6-2-1-3-7-12)24-16(13)22-11-21-15/h1-3,6-7,10-11H,4-5,8-9H2,(H3,18,20,23)(H,19,21,22). The maximum atomic E-state index is 10.6. The van der Waals surface area contributed by atoms with Gasteiger partial charge in [-0.1, -0.05) is 30.3 Å². The van der Waals surface area contributed by atoms with Gasteiger partial charge < -0.3 is 16.4 Å². The van der Waals surface area contributed by atoms with E-state index in [1.54, 1.807) is 17.7 Å². The van der Waals surface area contributed by atoms with Gasteiger partial charge in [0.2, 0.25) is 0 Å². The summed E-state index contributed by atoms with van der Waals surface area (Å²) in [4.78, 5) is 21.5. The first-order chi connectivity index (χ1) is 11.7. The van der Waals surface area contributed by atoms with Gasteiger partial charge in [0.1, 0.15) is 17.0 Å². The Kier molecular flexibility index (Phi) is 5.22. The molecule has 24 heavy (non-hydrogen) atoms. The van der Waals surface area contributed by atoms with Gasteiger partial charge in [0.25, 0.3) is 0 Å². The molecule has 0 aliphatic rings. The van der Waals surface area contributed by atoms with E-state index in [1.807, 2.05) is 18.2 Å². The zero-order chi connectivity index (χ0) is 16.8. The number of nitrogens with zero attached hydrogens (tertiary/aromatic N) is 2. The average Bonchev–Trinajstić information content (AvgIpc) is 3.03. The fraction of sp³-hybridized carbons (Fsp3) is 0.235. The molecule has 2 amide bonds. The summed E-state index contributed by atoms with van der Waals surface area (Å²) in [6.45, 7) is 1.37. The van der Waals surface area contributed by atoms with Gasteiger partial charge >= 0.3 is 6.03 Å². The van der Waals surface area contributed by atoms with Gasteiger partial charge in [-0.05, 0) is 24.5 Å². The zero-order valence-corrected chi connectivity index (χ0v) is 14.0. The van der Waals surface area contributed by atoms with Gasteiger partial charge in [-0.15, -0.1) is 11.3 Å². The molecule has 2 aromatic heterocycles. The molecule has 0 radical (unpaired) electrons. The smallest absolute Gasteiger partial charge is 0.312 e. The number of primary amides is 1. The summed E-state index contributed by atoms with van der Waals surface area (Å²) in [6, 6.07) is 11.9. The minimum absolute atomic E-state index is 0.479. The second-order valence-corrected chi connectivity index (χ2v) is 6.37.